The minimum Gasteiger partial charge on any atom is -0.490 e. The summed E-state index contributed by atoms with van der Waals surface area (Å²) in [5.74, 6) is 1.28. The second kappa shape index (κ2) is 11.1. The normalized spacial score (nSPS) is 12.1. The Balaban J connectivity index is 2.17. The van der Waals surface area contributed by atoms with Crippen LogP contribution in [0, 0.1) is 0 Å². The molecule has 2 aromatic rings. The molecule has 27 heavy (non-hydrogen) atoms. The van der Waals surface area contributed by atoms with Crippen LogP contribution in [0.25, 0.3) is 0 Å². The van der Waals surface area contributed by atoms with Crippen molar-refractivity contribution in [1.82, 2.24) is 5.32 Å². The smallest absolute Gasteiger partial charge is 0.175 e. The molecule has 0 radical (unpaired) electrons. The topological polar surface area (TPSA) is 50.7 Å². The highest BCUT2D eigenvalue weighted by Gasteiger charge is 2.14. The lowest BCUT2D eigenvalue weighted by Gasteiger charge is -2.18. The molecule has 0 heterocycles. The predicted molar refractivity (Wildman–Crippen MR) is 114 cm³/mol. The van der Waals surface area contributed by atoms with E-state index in [9.17, 15) is 5.11 Å². The van der Waals surface area contributed by atoms with Crippen LogP contribution in [0.4, 0.5) is 0 Å². The van der Waals surface area contributed by atoms with Crippen molar-refractivity contribution < 1.29 is 14.6 Å². The third-order valence-electron chi connectivity index (χ3n) is 4.06. The fourth-order valence-corrected chi connectivity index (χ4v) is 3.58. The van der Waals surface area contributed by atoms with Gasteiger partial charge < -0.3 is 19.9 Å². The quantitative estimate of drug-likeness (QED) is 0.469. The summed E-state index contributed by atoms with van der Waals surface area (Å²) in [7, 11) is 0. The Morgan fingerprint density at radius 1 is 1.15 bits per heavy atom. The van der Waals surface area contributed by atoms with E-state index in [0.717, 1.165) is 22.0 Å². The fourth-order valence-electron chi connectivity index (χ4n) is 2.52. The van der Waals surface area contributed by atoms with Crippen LogP contribution in [0.2, 0.25) is 10.0 Å². The molecule has 1 unspecified atom stereocenters. The van der Waals surface area contributed by atoms with Crippen molar-refractivity contribution in [2.75, 3.05) is 13.2 Å². The number of aliphatic hydroxyl groups excluding tert-OH is 1. The Hall–Kier alpha value is -0.980. The molecule has 0 aromatic heterocycles. The summed E-state index contributed by atoms with van der Waals surface area (Å²) in [6, 6.07) is 9.33. The largest absolute Gasteiger partial charge is 0.490 e. The number of ether oxygens (including phenoxy) is 2. The Bertz CT molecular complexity index is 754. The number of nitrogens with one attached hydrogen (secondary N) is 1. The van der Waals surface area contributed by atoms with Gasteiger partial charge in [-0.3, -0.25) is 0 Å². The van der Waals surface area contributed by atoms with Crippen LogP contribution < -0.4 is 14.8 Å². The molecule has 0 aliphatic carbocycles. The number of hydrogen-bond acceptors (Lipinski definition) is 4. The summed E-state index contributed by atoms with van der Waals surface area (Å²) in [5, 5.41) is 13.8. The molecule has 0 spiro atoms. The molecule has 0 fully saturated rings. The monoisotopic (exact) mass is 475 g/mol. The zero-order valence-electron chi connectivity index (χ0n) is 15.4. The summed E-state index contributed by atoms with van der Waals surface area (Å²) in [5.41, 5.74) is 1.88. The van der Waals surface area contributed by atoms with Crippen LogP contribution in [-0.2, 0) is 13.2 Å². The minimum atomic E-state index is 0.0716. The number of rotatable bonds is 10. The summed E-state index contributed by atoms with van der Waals surface area (Å²) in [6.45, 7) is 5.52. The molecule has 148 valence electrons. The maximum atomic E-state index is 9.32. The fraction of sp³-hybridized carbons (Fsp3) is 0.400. The van der Waals surface area contributed by atoms with E-state index in [1.165, 1.54) is 0 Å². The average molecular weight is 477 g/mol. The van der Waals surface area contributed by atoms with Gasteiger partial charge in [0.2, 0.25) is 0 Å². The minimum absolute atomic E-state index is 0.0716. The molecule has 4 nitrogen and oxygen atoms in total. The Kier molecular flexibility index (Phi) is 9.19. The first-order chi connectivity index (χ1) is 13.0. The van der Waals surface area contributed by atoms with Crippen molar-refractivity contribution >= 4 is 39.1 Å². The number of aliphatic hydroxyl groups is 1. The van der Waals surface area contributed by atoms with Gasteiger partial charge in [-0.2, -0.15) is 0 Å². The third-order valence-corrected chi connectivity index (χ3v) is 5.24. The van der Waals surface area contributed by atoms with E-state index in [1.807, 2.05) is 32.0 Å². The Labute approximate surface area is 178 Å². The van der Waals surface area contributed by atoms with E-state index >= 15 is 0 Å². The lowest BCUT2D eigenvalue weighted by molar-refractivity contribution is 0.238. The summed E-state index contributed by atoms with van der Waals surface area (Å²) in [6.07, 6.45) is 0.860. The van der Waals surface area contributed by atoms with Gasteiger partial charge in [0.15, 0.2) is 11.5 Å². The first kappa shape index (κ1) is 22.3. The van der Waals surface area contributed by atoms with Crippen molar-refractivity contribution in [2.24, 2.45) is 0 Å². The predicted octanol–water partition coefficient (Wildman–Crippen LogP) is 5.59. The van der Waals surface area contributed by atoms with E-state index in [4.69, 9.17) is 32.7 Å². The molecular formula is C20H24BrCl2NO3. The maximum Gasteiger partial charge on any atom is 0.175 e. The lowest BCUT2D eigenvalue weighted by Crippen LogP contribution is -2.31. The van der Waals surface area contributed by atoms with Crippen LogP contribution in [-0.4, -0.2) is 24.4 Å². The molecule has 7 heteroatoms. The maximum absolute atomic E-state index is 9.32. The van der Waals surface area contributed by atoms with Gasteiger partial charge in [0.1, 0.15) is 6.61 Å². The zero-order chi connectivity index (χ0) is 19.8. The molecule has 0 saturated heterocycles. The first-order valence-corrected chi connectivity index (χ1v) is 10.4. The van der Waals surface area contributed by atoms with Crippen molar-refractivity contribution in [3.05, 3.63) is 56.0 Å². The second-order valence-corrected chi connectivity index (χ2v) is 7.73. The van der Waals surface area contributed by atoms with Crippen LogP contribution in [0.15, 0.2) is 34.8 Å². The van der Waals surface area contributed by atoms with Gasteiger partial charge in [-0.05, 0) is 59.1 Å². The molecule has 2 rings (SSSR count). The summed E-state index contributed by atoms with van der Waals surface area (Å²) in [4.78, 5) is 0. The molecule has 0 aliphatic heterocycles. The van der Waals surface area contributed by atoms with Crippen molar-refractivity contribution in [2.45, 2.75) is 39.5 Å². The van der Waals surface area contributed by atoms with E-state index in [2.05, 4.69) is 21.2 Å². The standard InChI is InChI=1S/C20H24BrCl2NO3/c1-3-16(11-25)24-10-13-7-17(21)20(19(8-13)26-4-2)27-12-14-5-6-15(22)9-18(14)23/h5-9,16,24-25H,3-4,10-12H2,1-2H3. The molecule has 2 N–H and O–H groups in total. The average Bonchev–Trinajstić information content (AvgIpc) is 2.63. The van der Waals surface area contributed by atoms with Gasteiger partial charge in [-0.25, -0.2) is 0 Å². The van der Waals surface area contributed by atoms with Gasteiger partial charge in [0.05, 0.1) is 17.7 Å². The van der Waals surface area contributed by atoms with Gasteiger partial charge in [-0.1, -0.05) is 36.2 Å². The molecule has 1 atom stereocenters. The van der Waals surface area contributed by atoms with Gasteiger partial charge in [-0.15, -0.1) is 0 Å². The SMILES string of the molecule is CCOc1cc(CNC(CC)CO)cc(Br)c1OCc1ccc(Cl)cc1Cl. The van der Waals surface area contributed by atoms with Crippen LogP contribution >= 0.6 is 39.1 Å². The molecule has 0 aliphatic rings. The number of benzene rings is 2. The molecule has 0 bridgehead atoms. The first-order valence-electron chi connectivity index (χ1n) is 8.84. The highest BCUT2D eigenvalue weighted by Crippen LogP contribution is 2.38. The van der Waals surface area contributed by atoms with E-state index < -0.39 is 0 Å². The molecule has 0 amide bonds. The van der Waals surface area contributed by atoms with E-state index in [0.29, 0.717) is 41.3 Å². The zero-order valence-corrected chi connectivity index (χ0v) is 18.5. The Morgan fingerprint density at radius 3 is 2.56 bits per heavy atom. The van der Waals surface area contributed by atoms with Crippen LogP contribution in [0.3, 0.4) is 0 Å². The van der Waals surface area contributed by atoms with E-state index in [-0.39, 0.29) is 12.6 Å². The van der Waals surface area contributed by atoms with Crippen molar-refractivity contribution in [3.8, 4) is 11.5 Å². The molecule has 0 saturated carbocycles. The van der Waals surface area contributed by atoms with Crippen molar-refractivity contribution in [1.29, 1.82) is 0 Å². The molecular weight excluding hydrogens is 453 g/mol. The van der Waals surface area contributed by atoms with Crippen molar-refractivity contribution in [3.63, 3.8) is 0 Å². The highest BCUT2D eigenvalue weighted by molar-refractivity contribution is 9.10. The highest BCUT2D eigenvalue weighted by atomic mass is 79.9. The van der Waals surface area contributed by atoms with Gasteiger partial charge in [0, 0.05) is 28.2 Å². The summed E-state index contributed by atoms with van der Waals surface area (Å²) < 4.78 is 12.6. The van der Waals surface area contributed by atoms with E-state index in [1.54, 1.807) is 12.1 Å². The van der Waals surface area contributed by atoms with Crippen LogP contribution in [0.5, 0.6) is 11.5 Å². The van der Waals surface area contributed by atoms with Crippen LogP contribution in [0.1, 0.15) is 31.4 Å². The number of halogens is 3. The second-order valence-electron chi connectivity index (χ2n) is 6.03. The Morgan fingerprint density at radius 2 is 1.93 bits per heavy atom. The number of hydrogen-bond donors (Lipinski definition) is 2. The van der Waals surface area contributed by atoms with Gasteiger partial charge in [0.25, 0.3) is 0 Å². The molecule has 2 aromatic carbocycles. The third kappa shape index (κ3) is 6.54. The van der Waals surface area contributed by atoms with Gasteiger partial charge >= 0.3 is 0 Å². The lowest BCUT2D eigenvalue weighted by atomic mass is 10.1. The summed E-state index contributed by atoms with van der Waals surface area (Å²) >= 11 is 15.7.